The number of carbonyl (C=O) groups is 1. The molecule has 0 aliphatic carbocycles. The van der Waals surface area contributed by atoms with Crippen molar-refractivity contribution < 1.29 is 4.79 Å². The first-order valence-corrected chi connectivity index (χ1v) is 10.4. The van der Waals surface area contributed by atoms with Crippen molar-refractivity contribution in [3.8, 4) is 11.4 Å². The number of nitrogens with two attached hydrogens (primary N) is 2. The number of fused-ring (bicyclic) bond motifs is 1. The Labute approximate surface area is 178 Å². The summed E-state index contributed by atoms with van der Waals surface area (Å²) in [7, 11) is 0. The molecule has 30 heavy (non-hydrogen) atoms. The fraction of sp³-hybridized carbons (Fsp3) is 0.182. The topological polar surface area (TPSA) is 120 Å². The van der Waals surface area contributed by atoms with Gasteiger partial charge in [-0.15, -0.1) is 11.3 Å². The summed E-state index contributed by atoms with van der Waals surface area (Å²) in [5, 5.41) is 4.18. The maximum absolute atomic E-state index is 11.9. The number of thiophene rings is 1. The number of anilines is 1. The Bertz CT molecular complexity index is 1180. The van der Waals surface area contributed by atoms with Gasteiger partial charge in [-0.05, 0) is 36.6 Å². The molecular weight excluding hydrogens is 396 g/mol. The van der Waals surface area contributed by atoms with Crippen molar-refractivity contribution in [3.63, 3.8) is 0 Å². The summed E-state index contributed by atoms with van der Waals surface area (Å²) >= 11 is 1.28. The lowest BCUT2D eigenvalue weighted by atomic mass is 10.1. The number of aromatic nitrogens is 3. The third kappa shape index (κ3) is 4.14. The smallest absolute Gasteiger partial charge is 0.259 e. The molecule has 8 heteroatoms. The van der Waals surface area contributed by atoms with E-state index in [1.165, 1.54) is 16.9 Å². The van der Waals surface area contributed by atoms with Crippen LogP contribution in [0.1, 0.15) is 20.8 Å². The second kappa shape index (κ2) is 8.56. The van der Waals surface area contributed by atoms with E-state index < -0.39 is 5.91 Å². The second-order valence-electron chi connectivity index (χ2n) is 7.06. The van der Waals surface area contributed by atoms with E-state index in [-0.39, 0.29) is 6.04 Å². The van der Waals surface area contributed by atoms with Crippen molar-refractivity contribution in [2.75, 3.05) is 11.9 Å². The van der Waals surface area contributed by atoms with Crippen LogP contribution in [0.3, 0.4) is 0 Å². The molecule has 0 spiro atoms. The summed E-state index contributed by atoms with van der Waals surface area (Å²) in [6.45, 7) is 2.39. The fourth-order valence-electron chi connectivity index (χ4n) is 3.35. The zero-order valence-corrected chi connectivity index (χ0v) is 17.3. The molecule has 4 rings (SSSR count). The molecular formula is C22H22N6OS. The lowest BCUT2D eigenvalue weighted by molar-refractivity contribution is 0.100. The maximum Gasteiger partial charge on any atom is 0.259 e. The number of amides is 1. The maximum atomic E-state index is 11.9. The lowest BCUT2D eigenvalue weighted by Gasteiger charge is -2.15. The monoisotopic (exact) mass is 418 g/mol. The number of nitrogens with zero attached hydrogens (tertiary/aromatic N) is 3. The van der Waals surface area contributed by atoms with Crippen molar-refractivity contribution in [1.82, 2.24) is 15.0 Å². The quantitative estimate of drug-likeness (QED) is 0.424. The van der Waals surface area contributed by atoms with Gasteiger partial charge in [-0.25, -0.2) is 9.97 Å². The minimum absolute atomic E-state index is 0.101. The van der Waals surface area contributed by atoms with Crippen LogP contribution in [0.15, 0.2) is 54.9 Å². The summed E-state index contributed by atoms with van der Waals surface area (Å²) in [6, 6.07) is 13.7. The third-order valence-electron chi connectivity index (χ3n) is 4.82. The number of hydrogen-bond donors (Lipinski definition) is 3. The molecule has 1 aromatic carbocycles. The number of rotatable bonds is 7. The Balaban J connectivity index is 1.68. The van der Waals surface area contributed by atoms with Crippen LogP contribution < -0.4 is 16.8 Å². The van der Waals surface area contributed by atoms with E-state index in [9.17, 15) is 4.79 Å². The average Bonchev–Trinajstić information content (AvgIpc) is 3.10. The molecule has 1 atom stereocenters. The fourth-order valence-corrected chi connectivity index (χ4v) is 4.38. The molecule has 5 N–H and O–H groups in total. The first-order valence-electron chi connectivity index (χ1n) is 9.57. The highest BCUT2D eigenvalue weighted by atomic mass is 32.1. The molecule has 0 bridgehead atoms. The molecule has 0 aliphatic heterocycles. The van der Waals surface area contributed by atoms with Crippen LogP contribution in [-0.2, 0) is 6.42 Å². The first kappa shape index (κ1) is 19.9. The molecule has 0 saturated carbocycles. The van der Waals surface area contributed by atoms with E-state index in [0.717, 1.165) is 22.9 Å². The van der Waals surface area contributed by atoms with Gasteiger partial charge < -0.3 is 16.8 Å². The molecule has 0 unspecified atom stereocenters. The predicted octanol–water partition coefficient (Wildman–Crippen LogP) is 3.14. The van der Waals surface area contributed by atoms with Gasteiger partial charge in [-0.3, -0.25) is 9.78 Å². The van der Waals surface area contributed by atoms with Crippen LogP contribution in [0.4, 0.5) is 5.82 Å². The van der Waals surface area contributed by atoms with Gasteiger partial charge in [0, 0.05) is 30.5 Å². The summed E-state index contributed by atoms with van der Waals surface area (Å²) in [5.74, 6) is 0.741. The number of benzene rings is 1. The normalized spacial score (nSPS) is 12.1. The number of carbonyl (C=O) groups excluding carboxylic acids is 1. The van der Waals surface area contributed by atoms with Crippen molar-refractivity contribution >= 4 is 33.3 Å². The Morgan fingerprint density at radius 3 is 2.57 bits per heavy atom. The standard InChI is InChI=1S/C22H22N6OS/c1-13-17-21(26-12-16(23)11-14-5-3-2-4-6-14)27-20(15-7-9-25-10-8-15)28-22(17)30-18(13)19(24)29/h2-10,16H,11-12,23H2,1H3,(H2,24,29)(H,26,27,28)/t16-/m0/s1. The van der Waals surface area contributed by atoms with Crippen molar-refractivity contribution in [2.45, 2.75) is 19.4 Å². The van der Waals surface area contributed by atoms with Crippen molar-refractivity contribution in [2.24, 2.45) is 11.5 Å². The number of hydrogen-bond acceptors (Lipinski definition) is 7. The summed E-state index contributed by atoms with van der Waals surface area (Å²) in [4.78, 5) is 26.5. The average molecular weight is 419 g/mol. The largest absolute Gasteiger partial charge is 0.368 e. The van der Waals surface area contributed by atoms with E-state index in [4.69, 9.17) is 16.5 Å². The molecule has 7 nitrogen and oxygen atoms in total. The van der Waals surface area contributed by atoms with E-state index in [0.29, 0.717) is 27.9 Å². The highest BCUT2D eigenvalue weighted by Gasteiger charge is 2.20. The number of aryl methyl sites for hydroxylation is 1. The van der Waals surface area contributed by atoms with Crippen LogP contribution in [0.25, 0.3) is 21.6 Å². The number of pyridine rings is 1. The van der Waals surface area contributed by atoms with Crippen LogP contribution in [0.5, 0.6) is 0 Å². The molecule has 0 aliphatic rings. The third-order valence-corrected chi connectivity index (χ3v) is 6.03. The van der Waals surface area contributed by atoms with E-state index in [1.807, 2.05) is 37.3 Å². The molecule has 0 fully saturated rings. The Kier molecular flexibility index (Phi) is 5.69. The SMILES string of the molecule is Cc1c(C(N)=O)sc2nc(-c3ccncc3)nc(NC[C@@H](N)Cc3ccccc3)c12. The molecule has 1 amide bonds. The van der Waals surface area contributed by atoms with E-state index in [2.05, 4.69) is 27.4 Å². The molecule has 3 heterocycles. The Hall–Kier alpha value is -3.36. The highest BCUT2D eigenvalue weighted by Crippen LogP contribution is 2.35. The Morgan fingerprint density at radius 1 is 1.13 bits per heavy atom. The molecule has 152 valence electrons. The van der Waals surface area contributed by atoms with Gasteiger partial charge in [0.25, 0.3) is 5.91 Å². The van der Waals surface area contributed by atoms with Gasteiger partial charge in [0.05, 0.1) is 10.3 Å². The lowest BCUT2D eigenvalue weighted by Crippen LogP contribution is -2.31. The summed E-state index contributed by atoms with van der Waals surface area (Å²) < 4.78 is 0. The van der Waals surface area contributed by atoms with Gasteiger partial charge in [-0.2, -0.15) is 0 Å². The van der Waals surface area contributed by atoms with Gasteiger partial charge in [0.15, 0.2) is 5.82 Å². The predicted molar refractivity (Wildman–Crippen MR) is 121 cm³/mol. The minimum atomic E-state index is -0.465. The van der Waals surface area contributed by atoms with Gasteiger partial charge in [-0.1, -0.05) is 30.3 Å². The summed E-state index contributed by atoms with van der Waals surface area (Å²) in [5.41, 5.74) is 14.7. The Morgan fingerprint density at radius 2 is 1.87 bits per heavy atom. The second-order valence-corrected chi connectivity index (χ2v) is 8.06. The van der Waals surface area contributed by atoms with Crippen molar-refractivity contribution in [1.29, 1.82) is 0 Å². The summed E-state index contributed by atoms with van der Waals surface area (Å²) in [6.07, 6.45) is 4.13. The number of primary amides is 1. The zero-order chi connectivity index (χ0) is 21.1. The minimum Gasteiger partial charge on any atom is -0.368 e. The molecule has 3 aromatic heterocycles. The van der Waals surface area contributed by atoms with Gasteiger partial charge in [0.2, 0.25) is 0 Å². The van der Waals surface area contributed by atoms with E-state index >= 15 is 0 Å². The first-order chi connectivity index (χ1) is 14.5. The van der Waals surface area contributed by atoms with E-state index in [1.54, 1.807) is 12.4 Å². The van der Waals surface area contributed by atoms with Crippen LogP contribution in [0, 0.1) is 6.92 Å². The van der Waals surface area contributed by atoms with Crippen molar-refractivity contribution in [3.05, 3.63) is 70.9 Å². The molecule has 0 radical (unpaired) electrons. The number of nitrogens with one attached hydrogen (secondary N) is 1. The molecule has 0 saturated heterocycles. The molecule has 4 aromatic rings. The highest BCUT2D eigenvalue weighted by molar-refractivity contribution is 7.20. The van der Waals surface area contributed by atoms with Gasteiger partial charge >= 0.3 is 0 Å². The van der Waals surface area contributed by atoms with Crippen LogP contribution >= 0.6 is 11.3 Å². The van der Waals surface area contributed by atoms with Crippen LogP contribution in [-0.4, -0.2) is 33.4 Å². The van der Waals surface area contributed by atoms with Gasteiger partial charge in [0.1, 0.15) is 10.6 Å². The van der Waals surface area contributed by atoms with Crippen LogP contribution in [0.2, 0.25) is 0 Å². The zero-order valence-electron chi connectivity index (χ0n) is 16.5.